The van der Waals surface area contributed by atoms with Crippen molar-refractivity contribution in [3.8, 4) is 5.88 Å². The molecule has 0 bridgehead atoms. The highest BCUT2D eigenvalue weighted by atomic mass is 32.2. The molecule has 0 saturated carbocycles. The molecule has 0 saturated heterocycles. The van der Waals surface area contributed by atoms with Crippen molar-refractivity contribution < 1.29 is 13.2 Å². The topological polar surface area (TPSA) is 80.3 Å². The van der Waals surface area contributed by atoms with Gasteiger partial charge in [0.2, 0.25) is 5.88 Å². The van der Waals surface area contributed by atoms with Crippen molar-refractivity contribution in [3.05, 3.63) is 34.8 Å². The van der Waals surface area contributed by atoms with Gasteiger partial charge in [-0.2, -0.15) is 0 Å². The molecular formula is C13H17N3O3S2. The highest BCUT2D eigenvalue weighted by molar-refractivity contribution is 7.94. The molecule has 2 rings (SSSR count). The molecule has 0 amide bonds. The standard InChI is InChI=1S/C13H17N3O3S2/c1-9-6-13(20-11(9)8-14-2)21(17,18)16-10-4-5-12(19-3)15-7-10/h4-7,14,16H,8H2,1-3H3. The average Bonchev–Trinajstić information content (AvgIpc) is 2.82. The highest BCUT2D eigenvalue weighted by Gasteiger charge is 2.19. The van der Waals surface area contributed by atoms with Gasteiger partial charge in [0, 0.05) is 17.5 Å². The van der Waals surface area contributed by atoms with Crippen molar-refractivity contribution in [1.82, 2.24) is 10.3 Å². The van der Waals surface area contributed by atoms with Crippen molar-refractivity contribution in [2.24, 2.45) is 0 Å². The second kappa shape index (κ2) is 6.42. The maximum Gasteiger partial charge on any atom is 0.271 e. The molecule has 0 unspecified atom stereocenters. The van der Waals surface area contributed by atoms with E-state index in [4.69, 9.17) is 4.74 Å². The smallest absolute Gasteiger partial charge is 0.271 e. The number of pyridine rings is 1. The molecule has 2 heterocycles. The number of ether oxygens (including phenoxy) is 1. The molecule has 6 nitrogen and oxygen atoms in total. The van der Waals surface area contributed by atoms with Gasteiger partial charge in [-0.1, -0.05) is 0 Å². The van der Waals surface area contributed by atoms with Crippen LogP contribution in [0.1, 0.15) is 10.4 Å². The van der Waals surface area contributed by atoms with Gasteiger partial charge in [0.25, 0.3) is 10.0 Å². The molecule has 2 aromatic heterocycles. The van der Waals surface area contributed by atoms with E-state index in [1.165, 1.54) is 24.6 Å². The van der Waals surface area contributed by atoms with Crippen LogP contribution in [0.3, 0.4) is 0 Å². The van der Waals surface area contributed by atoms with E-state index in [2.05, 4.69) is 15.0 Å². The van der Waals surface area contributed by atoms with Gasteiger partial charge in [0.1, 0.15) is 4.21 Å². The largest absolute Gasteiger partial charge is 0.481 e. The van der Waals surface area contributed by atoms with Crippen LogP contribution < -0.4 is 14.8 Å². The molecule has 0 atom stereocenters. The predicted molar refractivity (Wildman–Crippen MR) is 83.4 cm³/mol. The van der Waals surface area contributed by atoms with Crippen LogP contribution in [0.5, 0.6) is 5.88 Å². The summed E-state index contributed by atoms with van der Waals surface area (Å²) in [6.07, 6.45) is 1.42. The van der Waals surface area contributed by atoms with Crippen LogP contribution in [-0.4, -0.2) is 27.6 Å². The number of nitrogens with one attached hydrogen (secondary N) is 2. The van der Waals surface area contributed by atoms with Crippen LogP contribution in [0.15, 0.2) is 28.6 Å². The Morgan fingerprint density at radius 2 is 2.14 bits per heavy atom. The SMILES string of the molecule is CNCc1sc(S(=O)(=O)Nc2ccc(OC)nc2)cc1C. The van der Waals surface area contributed by atoms with Crippen molar-refractivity contribution in [3.63, 3.8) is 0 Å². The van der Waals surface area contributed by atoms with Gasteiger partial charge >= 0.3 is 0 Å². The summed E-state index contributed by atoms with van der Waals surface area (Å²) < 4.78 is 32.4. The minimum Gasteiger partial charge on any atom is -0.481 e. The molecule has 21 heavy (non-hydrogen) atoms. The minimum atomic E-state index is -3.59. The number of aryl methyl sites for hydroxylation is 1. The summed E-state index contributed by atoms with van der Waals surface area (Å²) in [5, 5.41) is 3.02. The van der Waals surface area contributed by atoms with Crippen molar-refractivity contribution >= 4 is 27.0 Å². The molecule has 0 fully saturated rings. The lowest BCUT2D eigenvalue weighted by Crippen LogP contribution is -2.11. The molecular weight excluding hydrogens is 310 g/mol. The quantitative estimate of drug-likeness (QED) is 0.848. The number of sulfonamides is 1. The van der Waals surface area contributed by atoms with Gasteiger partial charge in [-0.25, -0.2) is 13.4 Å². The van der Waals surface area contributed by atoms with Gasteiger partial charge in [0.15, 0.2) is 0 Å². The van der Waals surface area contributed by atoms with Gasteiger partial charge in [-0.15, -0.1) is 11.3 Å². The average molecular weight is 327 g/mol. The number of aromatic nitrogens is 1. The molecule has 0 aromatic carbocycles. The number of thiophene rings is 1. The number of hydrogen-bond acceptors (Lipinski definition) is 6. The minimum absolute atomic E-state index is 0.293. The van der Waals surface area contributed by atoms with Crippen LogP contribution in [0.4, 0.5) is 5.69 Å². The van der Waals surface area contributed by atoms with E-state index >= 15 is 0 Å². The van der Waals surface area contributed by atoms with Crippen LogP contribution in [0.2, 0.25) is 0 Å². The lowest BCUT2D eigenvalue weighted by atomic mass is 10.3. The Hall–Kier alpha value is -1.64. The Labute approximate surface area is 128 Å². The van der Waals surface area contributed by atoms with Crippen LogP contribution in [0, 0.1) is 6.92 Å². The second-order valence-electron chi connectivity index (χ2n) is 4.40. The van der Waals surface area contributed by atoms with E-state index in [1.54, 1.807) is 18.2 Å². The number of methoxy groups -OCH3 is 1. The second-order valence-corrected chi connectivity index (χ2v) is 7.44. The summed E-state index contributed by atoms with van der Waals surface area (Å²) in [5.74, 6) is 0.432. The Balaban J connectivity index is 2.22. The summed E-state index contributed by atoms with van der Waals surface area (Å²) >= 11 is 1.26. The first kappa shape index (κ1) is 15.7. The third-order valence-corrected chi connectivity index (χ3v) is 5.89. The van der Waals surface area contributed by atoms with Gasteiger partial charge in [0.05, 0.1) is 19.0 Å². The molecule has 114 valence electrons. The third-order valence-electron chi connectivity index (χ3n) is 2.80. The summed E-state index contributed by atoms with van der Waals surface area (Å²) in [4.78, 5) is 4.98. The molecule has 0 radical (unpaired) electrons. The molecule has 0 aliphatic carbocycles. The number of hydrogen-bond donors (Lipinski definition) is 2. The zero-order valence-electron chi connectivity index (χ0n) is 12.0. The van der Waals surface area contributed by atoms with Crippen LogP contribution >= 0.6 is 11.3 Å². The molecule has 0 aliphatic heterocycles. The fourth-order valence-corrected chi connectivity index (χ4v) is 4.37. The highest BCUT2D eigenvalue weighted by Crippen LogP contribution is 2.27. The number of anilines is 1. The monoisotopic (exact) mass is 327 g/mol. The molecule has 2 N–H and O–H groups in total. The fraction of sp³-hybridized carbons (Fsp3) is 0.308. The van der Waals surface area contributed by atoms with Gasteiger partial charge in [-0.05, 0) is 31.7 Å². The Kier molecular flexibility index (Phi) is 4.81. The molecule has 2 aromatic rings. The number of nitrogens with zero attached hydrogens (tertiary/aromatic N) is 1. The van der Waals surface area contributed by atoms with Crippen LogP contribution in [0.25, 0.3) is 0 Å². The first-order chi connectivity index (χ1) is 9.96. The Morgan fingerprint density at radius 1 is 1.38 bits per heavy atom. The van der Waals surface area contributed by atoms with E-state index in [-0.39, 0.29) is 0 Å². The summed E-state index contributed by atoms with van der Waals surface area (Å²) in [6.45, 7) is 2.55. The van der Waals surface area contributed by atoms with E-state index in [1.807, 2.05) is 14.0 Å². The number of rotatable bonds is 6. The zero-order valence-corrected chi connectivity index (χ0v) is 13.6. The van der Waals surface area contributed by atoms with Crippen molar-refractivity contribution in [1.29, 1.82) is 0 Å². The zero-order chi connectivity index (χ0) is 15.5. The normalized spacial score (nSPS) is 11.4. The Bertz CT molecular complexity index is 709. The van der Waals surface area contributed by atoms with Crippen molar-refractivity contribution in [2.75, 3.05) is 18.9 Å². The molecule has 0 aliphatic rings. The summed E-state index contributed by atoms with van der Waals surface area (Å²) in [5.41, 5.74) is 1.36. The maximum atomic E-state index is 12.3. The van der Waals surface area contributed by atoms with Gasteiger partial charge < -0.3 is 10.1 Å². The predicted octanol–water partition coefficient (Wildman–Crippen LogP) is 1.98. The summed E-state index contributed by atoms with van der Waals surface area (Å²) in [6, 6.07) is 4.89. The maximum absolute atomic E-state index is 12.3. The lowest BCUT2D eigenvalue weighted by molar-refractivity contribution is 0.398. The first-order valence-corrected chi connectivity index (χ1v) is 8.53. The first-order valence-electron chi connectivity index (χ1n) is 6.23. The van der Waals surface area contributed by atoms with E-state index in [9.17, 15) is 8.42 Å². The Morgan fingerprint density at radius 3 is 2.71 bits per heavy atom. The van der Waals surface area contributed by atoms with Crippen LogP contribution in [-0.2, 0) is 16.6 Å². The van der Waals surface area contributed by atoms with E-state index in [0.717, 1.165) is 10.4 Å². The van der Waals surface area contributed by atoms with E-state index < -0.39 is 10.0 Å². The van der Waals surface area contributed by atoms with Gasteiger partial charge in [-0.3, -0.25) is 4.72 Å². The fourth-order valence-electron chi connectivity index (χ4n) is 1.72. The lowest BCUT2D eigenvalue weighted by Gasteiger charge is -2.06. The third kappa shape index (κ3) is 3.72. The summed E-state index contributed by atoms with van der Waals surface area (Å²) in [7, 11) is -0.261. The molecule has 8 heteroatoms. The van der Waals surface area contributed by atoms with E-state index in [0.29, 0.717) is 22.3 Å². The molecule has 0 spiro atoms. The van der Waals surface area contributed by atoms with Crippen molar-refractivity contribution in [2.45, 2.75) is 17.7 Å².